The lowest BCUT2D eigenvalue weighted by molar-refractivity contribution is 0.0470. The van der Waals surface area contributed by atoms with Gasteiger partial charge in [-0.3, -0.25) is 0 Å². The van der Waals surface area contributed by atoms with Gasteiger partial charge in [-0.2, -0.15) is 0 Å². The molecule has 0 aliphatic heterocycles. The molecule has 0 saturated heterocycles. The van der Waals surface area contributed by atoms with Crippen molar-refractivity contribution >= 4 is 16.0 Å². The van der Waals surface area contributed by atoms with Gasteiger partial charge in [0.2, 0.25) is 10.0 Å². The normalized spacial score (nSPS) is 11.0. The zero-order valence-electron chi connectivity index (χ0n) is 14.1. The number of benzene rings is 2. The van der Waals surface area contributed by atoms with Crippen molar-refractivity contribution in [1.29, 1.82) is 0 Å². The van der Waals surface area contributed by atoms with Crippen molar-refractivity contribution in [3.05, 3.63) is 53.6 Å². The third-order valence-electron chi connectivity index (χ3n) is 3.51. The molecule has 0 saturated carbocycles. The summed E-state index contributed by atoms with van der Waals surface area (Å²) in [6.45, 7) is 0.00296. The van der Waals surface area contributed by atoms with Gasteiger partial charge in [0.05, 0.1) is 19.8 Å². The van der Waals surface area contributed by atoms with E-state index in [9.17, 15) is 13.2 Å². The number of carbonyl (C=O) groups is 1. The summed E-state index contributed by atoms with van der Waals surface area (Å²) in [5.74, 6) is 0.0835. The number of ether oxygens (including phenoxy) is 3. The Hall–Kier alpha value is -2.58. The van der Waals surface area contributed by atoms with Gasteiger partial charge in [0.25, 0.3) is 0 Å². The number of methoxy groups -OCH3 is 2. The predicted molar refractivity (Wildman–Crippen MR) is 91.4 cm³/mol. The number of para-hydroxylation sites is 1. The molecule has 8 heteroatoms. The molecule has 2 rings (SSSR count). The van der Waals surface area contributed by atoms with E-state index < -0.39 is 16.0 Å². The second-order valence-electron chi connectivity index (χ2n) is 4.96. The van der Waals surface area contributed by atoms with Crippen LogP contribution in [0.3, 0.4) is 0 Å². The summed E-state index contributed by atoms with van der Waals surface area (Å²) in [5, 5.41) is 0. The summed E-state index contributed by atoms with van der Waals surface area (Å²) in [6, 6.07) is 11.2. The lowest BCUT2D eigenvalue weighted by Crippen LogP contribution is -2.20. The fourth-order valence-electron chi connectivity index (χ4n) is 2.17. The second-order valence-corrected chi connectivity index (χ2v) is 6.82. The Bertz CT molecular complexity index is 863. The van der Waals surface area contributed by atoms with Gasteiger partial charge >= 0.3 is 5.97 Å². The van der Waals surface area contributed by atoms with Crippen LogP contribution in [0.15, 0.2) is 47.4 Å². The van der Waals surface area contributed by atoms with Crippen molar-refractivity contribution in [3.8, 4) is 11.5 Å². The third kappa shape index (κ3) is 4.28. The van der Waals surface area contributed by atoms with E-state index in [1.54, 1.807) is 18.2 Å². The molecular weight excluding hydrogens is 346 g/mol. The smallest absolute Gasteiger partial charge is 0.338 e. The maximum absolute atomic E-state index is 12.3. The van der Waals surface area contributed by atoms with Gasteiger partial charge in [0.1, 0.15) is 23.0 Å². The quantitative estimate of drug-likeness (QED) is 0.755. The first-order valence-corrected chi connectivity index (χ1v) is 8.82. The van der Waals surface area contributed by atoms with Gasteiger partial charge in [-0.1, -0.05) is 18.2 Å². The molecule has 0 atom stereocenters. The fourth-order valence-corrected chi connectivity index (χ4v) is 3.09. The van der Waals surface area contributed by atoms with Gasteiger partial charge in [0, 0.05) is 5.56 Å². The van der Waals surface area contributed by atoms with Crippen LogP contribution in [0.25, 0.3) is 0 Å². The molecule has 0 aromatic heterocycles. The molecule has 1 N–H and O–H groups in total. The van der Waals surface area contributed by atoms with Crippen LogP contribution in [0.2, 0.25) is 0 Å². The van der Waals surface area contributed by atoms with Crippen LogP contribution in [-0.2, 0) is 21.4 Å². The molecule has 0 radical (unpaired) electrons. The minimum absolute atomic E-state index is 0.00296. The lowest BCUT2D eigenvalue weighted by atomic mass is 10.2. The average Bonchev–Trinajstić information content (AvgIpc) is 2.65. The van der Waals surface area contributed by atoms with E-state index in [-0.39, 0.29) is 22.8 Å². The first kappa shape index (κ1) is 18.8. The van der Waals surface area contributed by atoms with E-state index in [1.165, 1.54) is 39.5 Å². The van der Waals surface area contributed by atoms with E-state index >= 15 is 0 Å². The van der Waals surface area contributed by atoms with Crippen LogP contribution < -0.4 is 14.2 Å². The Morgan fingerprint density at radius 2 is 1.72 bits per heavy atom. The van der Waals surface area contributed by atoms with Gasteiger partial charge in [-0.05, 0) is 31.3 Å². The lowest BCUT2D eigenvalue weighted by Gasteiger charge is -2.12. The van der Waals surface area contributed by atoms with Gasteiger partial charge < -0.3 is 14.2 Å². The van der Waals surface area contributed by atoms with Crippen LogP contribution in [0, 0.1) is 0 Å². The molecule has 0 aliphatic rings. The zero-order chi connectivity index (χ0) is 18.4. The summed E-state index contributed by atoms with van der Waals surface area (Å²) >= 11 is 0. The minimum atomic E-state index is -3.78. The van der Waals surface area contributed by atoms with Gasteiger partial charge in [-0.15, -0.1) is 0 Å². The second kappa shape index (κ2) is 8.00. The number of nitrogens with one attached hydrogen (secondary N) is 1. The molecule has 25 heavy (non-hydrogen) atoms. The van der Waals surface area contributed by atoms with Crippen molar-refractivity contribution in [2.24, 2.45) is 0 Å². The summed E-state index contributed by atoms with van der Waals surface area (Å²) in [4.78, 5) is 12.1. The minimum Gasteiger partial charge on any atom is -0.496 e. The number of carbonyl (C=O) groups excluding carboxylic acids is 1. The topological polar surface area (TPSA) is 90.9 Å². The summed E-state index contributed by atoms with van der Waals surface area (Å²) in [7, 11) is 0.379. The highest BCUT2D eigenvalue weighted by Crippen LogP contribution is 2.25. The Morgan fingerprint density at radius 1 is 1.04 bits per heavy atom. The van der Waals surface area contributed by atoms with E-state index in [2.05, 4.69) is 4.72 Å². The number of esters is 1. The predicted octanol–water partition coefficient (Wildman–Crippen LogP) is 1.97. The van der Waals surface area contributed by atoms with Crippen LogP contribution in [0.1, 0.15) is 15.9 Å². The maximum Gasteiger partial charge on any atom is 0.338 e. The van der Waals surface area contributed by atoms with Crippen molar-refractivity contribution in [1.82, 2.24) is 4.72 Å². The average molecular weight is 365 g/mol. The van der Waals surface area contributed by atoms with Crippen LogP contribution in [0.5, 0.6) is 11.5 Å². The van der Waals surface area contributed by atoms with Gasteiger partial charge in [0.15, 0.2) is 0 Å². The molecule has 0 aliphatic carbocycles. The molecule has 0 spiro atoms. The molecule has 134 valence electrons. The number of hydrogen-bond donors (Lipinski definition) is 1. The molecule has 7 nitrogen and oxygen atoms in total. The third-order valence-corrected chi connectivity index (χ3v) is 4.94. The molecule has 0 bridgehead atoms. The van der Waals surface area contributed by atoms with Crippen molar-refractivity contribution < 1.29 is 27.4 Å². The first-order valence-electron chi connectivity index (χ1n) is 7.33. The molecule has 0 amide bonds. The largest absolute Gasteiger partial charge is 0.496 e. The van der Waals surface area contributed by atoms with E-state index in [0.29, 0.717) is 11.3 Å². The molecule has 2 aromatic carbocycles. The highest BCUT2D eigenvalue weighted by Gasteiger charge is 2.21. The summed E-state index contributed by atoms with van der Waals surface area (Å²) in [5.41, 5.74) is 0.805. The van der Waals surface area contributed by atoms with Crippen molar-refractivity contribution in [2.45, 2.75) is 11.5 Å². The Labute approximate surface area is 146 Å². The van der Waals surface area contributed by atoms with E-state index in [0.717, 1.165) is 0 Å². The Balaban J connectivity index is 2.24. The SMILES string of the molecule is CNS(=O)(=O)c1cc(C(=O)OCc2ccccc2OC)ccc1OC. The highest BCUT2D eigenvalue weighted by atomic mass is 32.2. The number of rotatable bonds is 7. The first-order chi connectivity index (χ1) is 11.9. The monoisotopic (exact) mass is 365 g/mol. The van der Waals surface area contributed by atoms with E-state index in [4.69, 9.17) is 14.2 Å². The molecular formula is C17H19NO6S. The highest BCUT2D eigenvalue weighted by molar-refractivity contribution is 7.89. The number of sulfonamides is 1. The molecule has 0 fully saturated rings. The number of hydrogen-bond acceptors (Lipinski definition) is 6. The van der Waals surface area contributed by atoms with Crippen LogP contribution in [-0.4, -0.2) is 35.7 Å². The van der Waals surface area contributed by atoms with Crippen molar-refractivity contribution in [3.63, 3.8) is 0 Å². The zero-order valence-corrected chi connectivity index (χ0v) is 14.9. The molecule has 0 heterocycles. The Kier molecular flexibility index (Phi) is 6.00. The Morgan fingerprint density at radius 3 is 2.36 bits per heavy atom. The van der Waals surface area contributed by atoms with E-state index in [1.807, 2.05) is 6.07 Å². The summed E-state index contributed by atoms with van der Waals surface area (Å²) in [6.07, 6.45) is 0. The van der Waals surface area contributed by atoms with Crippen LogP contribution >= 0.6 is 0 Å². The maximum atomic E-state index is 12.3. The summed E-state index contributed by atoms with van der Waals surface area (Å²) < 4.78 is 41.8. The fraction of sp³-hybridized carbons (Fsp3) is 0.235. The molecule has 0 unspecified atom stereocenters. The standard InChI is InChI=1S/C17H19NO6S/c1-18-25(20,21)16-10-12(8-9-15(16)23-3)17(19)24-11-13-6-4-5-7-14(13)22-2/h4-10,18H,11H2,1-3H3. The van der Waals surface area contributed by atoms with Crippen LogP contribution in [0.4, 0.5) is 0 Å². The molecule has 2 aromatic rings. The van der Waals surface area contributed by atoms with Crippen molar-refractivity contribution in [2.75, 3.05) is 21.3 Å². The van der Waals surface area contributed by atoms with Gasteiger partial charge in [-0.25, -0.2) is 17.9 Å².